The lowest BCUT2D eigenvalue weighted by Gasteiger charge is -2.12. The highest BCUT2D eigenvalue weighted by Crippen LogP contribution is 2.21. The predicted octanol–water partition coefficient (Wildman–Crippen LogP) is 3.04. The van der Waals surface area contributed by atoms with Crippen LogP contribution in [0.5, 0.6) is 5.75 Å². The molecule has 0 bridgehead atoms. The van der Waals surface area contributed by atoms with E-state index in [1.54, 1.807) is 17.8 Å². The molecule has 0 amide bonds. The number of anilines is 1. The maximum Gasteiger partial charge on any atom is 0.332 e. The zero-order chi connectivity index (χ0) is 23.5. The number of hydrazone groups is 1. The van der Waals surface area contributed by atoms with Gasteiger partial charge in [0, 0.05) is 20.1 Å². The summed E-state index contributed by atoms with van der Waals surface area (Å²) in [6.07, 6.45) is 1.65. The average Bonchev–Trinajstić information content (AvgIpc) is 3.21. The molecule has 9 heteroatoms. The van der Waals surface area contributed by atoms with Gasteiger partial charge in [-0.3, -0.25) is 13.9 Å². The van der Waals surface area contributed by atoms with Crippen molar-refractivity contribution in [1.82, 2.24) is 18.7 Å². The third kappa shape index (κ3) is 4.43. The first-order valence-corrected chi connectivity index (χ1v) is 10.6. The Morgan fingerprint density at radius 1 is 1.03 bits per heavy atom. The van der Waals surface area contributed by atoms with E-state index in [1.165, 1.54) is 11.6 Å². The lowest BCUT2D eigenvalue weighted by atomic mass is 10.2. The highest BCUT2D eigenvalue weighted by molar-refractivity contribution is 5.80. The second kappa shape index (κ2) is 9.15. The van der Waals surface area contributed by atoms with Crippen molar-refractivity contribution in [2.45, 2.75) is 26.5 Å². The molecule has 0 unspecified atom stereocenters. The van der Waals surface area contributed by atoms with Gasteiger partial charge in [0.15, 0.2) is 11.2 Å². The van der Waals surface area contributed by atoms with Crippen LogP contribution in [-0.2, 0) is 20.7 Å². The van der Waals surface area contributed by atoms with Crippen LogP contribution in [-0.4, -0.2) is 24.9 Å². The van der Waals surface area contributed by atoms with E-state index in [-0.39, 0.29) is 6.04 Å². The number of nitrogens with zero attached hydrogens (tertiary/aromatic N) is 5. The Morgan fingerprint density at radius 2 is 1.73 bits per heavy atom. The van der Waals surface area contributed by atoms with Crippen LogP contribution in [0.15, 0.2) is 69.3 Å². The van der Waals surface area contributed by atoms with Gasteiger partial charge in [-0.05, 0) is 49.2 Å². The lowest BCUT2D eigenvalue weighted by Crippen LogP contribution is -2.37. The van der Waals surface area contributed by atoms with Gasteiger partial charge in [0.2, 0.25) is 5.95 Å². The Labute approximate surface area is 190 Å². The van der Waals surface area contributed by atoms with E-state index in [9.17, 15) is 9.59 Å². The highest BCUT2D eigenvalue weighted by atomic mass is 16.5. The Bertz CT molecular complexity index is 1410. The van der Waals surface area contributed by atoms with E-state index in [1.807, 2.05) is 68.4 Å². The number of benzene rings is 2. The number of ether oxygens (including phenoxy) is 1. The van der Waals surface area contributed by atoms with Crippen LogP contribution in [0, 0.1) is 0 Å². The molecular formula is C24H26N6O3. The molecule has 0 aliphatic heterocycles. The van der Waals surface area contributed by atoms with Gasteiger partial charge in [-0.25, -0.2) is 10.2 Å². The summed E-state index contributed by atoms with van der Waals surface area (Å²) in [5.74, 6) is 1.15. The number of aryl methyl sites for hydroxylation is 1. The van der Waals surface area contributed by atoms with Crippen molar-refractivity contribution in [2.24, 2.45) is 19.2 Å². The van der Waals surface area contributed by atoms with Gasteiger partial charge in [0.1, 0.15) is 12.4 Å². The van der Waals surface area contributed by atoms with E-state index >= 15 is 0 Å². The summed E-state index contributed by atoms with van der Waals surface area (Å²) in [7, 11) is 3.05. The molecule has 2 heterocycles. The topological polar surface area (TPSA) is 95.4 Å². The zero-order valence-corrected chi connectivity index (χ0v) is 19.0. The van der Waals surface area contributed by atoms with Crippen molar-refractivity contribution in [1.29, 1.82) is 0 Å². The zero-order valence-electron chi connectivity index (χ0n) is 19.0. The Balaban J connectivity index is 1.52. The second-order valence-corrected chi connectivity index (χ2v) is 7.99. The maximum atomic E-state index is 12.7. The molecule has 0 saturated heterocycles. The van der Waals surface area contributed by atoms with Crippen LogP contribution in [0.1, 0.15) is 31.0 Å². The van der Waals surface area contributed by atoms with E-state index in [2.05, 4.69) is 15.5 Å². The van der Waals surface area contributed by atoms with Gasteiger partial charge in [0.25, 0.3) is 5.56 Å². The number of nitrogens with one attached hydrogen (secondary N) is 1. The SMILES string of the molecule is CC(C)n1c(N/N=C\c2ccc(OCc3ccccc3)cc2)nc2c1c(=O)n(C)c(=O)n2C. The smallest absolute Gasteiger partial charge is 0.332 e. The largest absolute Gasteiger partial charge is 0.489 e. The fraction of sp³-hybridized carbons (Fsp3) is 0.250. The van der Waals surface area contributed by atoms with Crippen LogP contribution in [0.25, 0.3) is 11.2 Å². The van der Waals surface area contributed by atoms with Crippen molar-refractivity contribution in [3.05, 3.63) is 86.6 Å². The van der Waals surface area contributed by atoms with Gasteiger partial charge < -0.3 is 9.30 Å². The summed E-state index contributed by atoms with van der Waals surface area (Å²) < 4.78 is 9.99. The lowest BCUT2D eigenvalue weighted by molar-refractivity contribution is 0.306. The fourth-order valence-corrected chi connectivity index (χ4v) is 3.55. The van der Waals surface area contributed by atoms with Gasteiger partial charge in [0.05, 0.1) is 6.21 Å². The van der Waals surface area contributed by atoms with Gasteiger partial charge in [-0.2, -0.15) is 10.1 Å². The van der Waals surface area contributed by atoms with E-state index < -0.39 is 11.2 Å². The Hall–Kier alpha value is -4.14. The average molecular weight is 447 g/mol. The molecule has 0 fully saturated rings. The number of aromatic nitrogens is 4. The molecule has 0 aliphatic carbocycles. The molecule has 4 aromatic rings. The molecule has 4 rings (SSSR count). The van der Waals surface area contributed by atoms with Crippen molar-refractivity contribution >= 4 is 23.3 Å². The molecule has 2 aromatic carbocycles. The third-order valence-corrected chi connectivity index (χ3v) is 5.31. The molecule has 33 heavy (non-hydrogen) atoms. The molecule has 0 saturated carbocycles. The normalized spacial score (nSPS) is 11.5. The molecule has 0 aliphatic rings. The quantitative estimate of drug-likeness (QED) is 0.348. The molecule has 0 spiro atoms. The van der Waals surface area contributed by atoms with Crippen molar-refractivity contribution < 1.29 is 4.74 Å². The number of hydrogen-bond acceptors (Lipinski definition) is 6. The molecule has 0 atom stereocenters. The number of rotatable bonds is 7. The van der Waals surface area contributed by atoms with E-state index in [0.717, 1.165) is 21.4 Å². The van der Waals surface area contributed by atoms with Crippen LogP contribution in [0.4, 0.5) is 5.95 Å². The Kier molecular flexibility index (Phi) is 6.12. The first kappa shape index (κ1) is 22.1. The molecule has 170 valence electrons. The van der Waals surface area contributed by atoms with Gasteiger partial charge in [-0.15, -0.1) is 0 Å². The monoisotopic (exact) mass is 446 g/mol. The predicted molar refractivity (Wildman–Crippen MR) is 129 cm³/mol. The van der Waals surface area contributed by atoms with Crippen LogP contribution >= 0.6 is 0 Å². The minimum Gasteiger partial charge on any atom is -0.489 e. The maximum absolute atomic E-state index is 12.7. The number of imidazole rings is 1. The summed E-state index contributed by atoms with van der Waals surface area (Å²) in [5, 5.41) is 4.28. The summed E-state index contributed by atoms with van der Waals surface area (Å²) in [4.78, 5) is 29.4. The van der Waals surface area contributed by atoms with Crippen molar-refractivity contribution in [3.63, 3.8) is 0 Å². The third-order valence-electron chi connectivity index (χ3n) is 5.31. The fourth-order valence-electron chi connectivity index (χ4n) is 3.55. The number of hydrogen-bond donors (Lipinski definition) is 1. The highest BCUT2D eigenvalue weighted by Gasteiger charge is 2.20. The molecule has 2 aromatic heterocycles. The van der Waals surface area contributed by atoms with Crippen molar-refractivity contribution in [3.8, 4) is 5.75 Å². The summed E-state index contributed by atoms with van der Waals surface area (Å²) in [5.41, 5.74) is 4.74. The molecule has 9 nitrogen and oxygen atoms in total. The minimum atomic E-state index is -0.425. The molecular weight excluding hydrogens is 420 g/mol. The van der Waals surface area contributed by atoms with Crippen molar-refractivity contribution in [2.75, 3.05) is 5.43 Å². The minimum absolute atomic E-state index is 0.0704. The first-order chi connectivity index (χ1) is 15.9. The molecule has 0 radical (unpaired) electrons. The van der Waals surface area contributed by atoms with Gasteiger partial charge >= 0.3 is 5.69 Å². The first-order valence-electron chi connectivity index (χ1n) is 10.6. The standard InChI is InChI=1S/C24H26N6O3/c1-16(2)30-20-21(28(3)24(32)29(4)22(20)31)26-23(30)27-25-14-17-10-12-19(13-11-17)33-15-18-8-6-5-7-9-18/h5-14,16H,15H2,1-4H3,(H,26,27)/b25-14-. The van der Waals surface area contributed by atoms with E-state index in [4.69, 9.17) is 4.74 Å². The summed E-state index contributed by atoms with van der Waals surface area (Å²) in [6.45, 7) is 4.38. The van der Waals surface area contributed by atoms with Crippen LogP contribution in [0.3, 0.4) is 0 Å². The van der Waals surface area contributed by atoms with Crippen LogP contribution < -0.4 is 21.4 Å². The van der Waals surface area contributed by atoms with E-state index in [0.29, 0.717) is 23.7 Å². The summed E-state index contributed by atoms with van der Waals surface area (Å²) >= 11 is 0. The Morgan fingerprint density at radius 3 is 2.39 bits per heavy atom. The van der Waals surface area contributed by atoms with Crippen LogP contribution in [0.2, 0.25) is 0 Å². The molecule has 1 N–H and O–H groups in total. The number of fused-ring (bicyclic) bond motifs is 1. The van der Waals surface area contributed by atoms with Gasteiger partial charge in [-0.1, -0.05) is 30.3 Å². The second-order valence-electron chi connectivity index (χ2n) is 7.99. The summed E-state index contributed by atoms with van der Waals surface area (Å²) in [6, 6.07) is 17.5.